The van der Waals surface area contributed by atoms with Gasteiger partial charge in [-0.3, -0.25) is 14.6 Å². The van der Waals surface area contributed by atoms with Gasteiger partial charge in [-0.1, -0.05) is 60.2 Å². The summed E-state index contributed by atoms with van der Waals surface area (Å²) >= 11 is 0. The zero-order chi connectivity index (χ0) is 22.6. The first-order valence-corrected chi connectivity index (χ1v) is 11.1. The second-order valence-corrected chi connectivity index (χ2v) is 8.80. The lowest BCUT2D eigenvalue weighted by molar-refractivity contribution is -0.139. The number of carbonyl (C=O) groups is 2. The van der Waals surface area contributed by atoms with Crippen molar-refractivity contribution in [3.63, 3.8) is 0 Å². The largest absolute Gasteiger partial charge is 0.369 e. The number of amides is 2. The Morgan fingerprint density at radius 3 is 2.56 bits per heavy atom. The number of aromatic nitrogens is 1. The minimum Gasteiger partial charge on any atom is -0.369 e. The van der Waals surface area contributed by atoms with Crippen LogP contribution in [0.25, 0.3) is 11.1 Å². The number of rotatable bonds is 6. The van der Waals surface area contributed by atoms with Gasteiger partial charge in [0.1, 0.15) is 0 Å². The van der Waals surface area contributed by atoms with Crippen molar-refractivity contribution in [1.29, 1.82) is 0 Å². The molecular weight excluding hydrogens is 398 g/mol. The molecule has 5 heteroatoms. The fourth-order valence-electron chi connectivity index (χ4n) is 4.61. The number of pyridine rings is 1. The Balaban J connectivity index is 1.57. The summed E-state index contributed by atoms with van der Waals surface area (Å²) < 4.78 is 0. The minimum atomic E-state index is -0.778. The topological polar surface area (TPSA) is 76.3 Å². The average molecular weight is 428 g/mol. The molecular formula is C27H29N3O2. The Bertz CT molecular complexity index is 1100. The molecule has 2 heterocycles. The van der Waals surface area contributed by atoms with Crippen molar-refractivity contribution in [2.75, 3.05) is 13.1 Å². The van der Waals surface area contributed by atoms with Crippen molar-refractivity contribution in [3.8, 4) is 11.1 Å². The summed E-state index contributed by atoms with van der Waals surface area (Å²) in [5.41, 5.74) is 10.5. The normalized spacial score (nSPS) is 18.3. The van der Waals surface area contributed by atoms with Crippen LogP contribution in [0.4, 0.5) is 0 Å². The van der Waals surface area contributed by atoms with Crippen LogP contribution < -0.4 is 5.73 Å². The van der Waals surface area contributed by atoms with Crippen LogP contribution in [0.2, 0.25) is 0 Å². The molecule has 2 amide bonds. The van der Waals surface area contributed by atoms with Crippen LogP contribution in [0.1, 0.15) is 29.5 Å². The van der Waals surface area contributed by atoms with Gasteiger partial charge in [-0.15, -0.1) is 0 Å². The van der Waals surface area contributed by atoms with Crippen LogP contribution in [-0.2, 0) is 22.4 Å². The van der Waals surface area contributed by atoms with Crippen molar-refractivity contribution in [2.24, 2.45) is 11.1 Å². The Labute approximate surface area is 189 Å². The maximum absolute atomic E-state index is 13.1. The van der Waals surface area contributed by atoms with E-state index in [0.717, 1.165) is 28.7 Å². The molecule has 1 saturated heterocycles. The number of nitrogens with zero attached hydrogens (tertiary/aromatic N) is 2. The van der Waals surface area contributed by atoms with Crippen LogP contribution in [0.5, 0.6) is 0 Å². The lowest BCUT2D eigenvalue weighted by atomic mass is 9.73. The van der Waals surface area contributed by atoms with Crippen molar-refractivity contribution >= 4 is 11.8 Å². The Morgan fingerprint density at radius 1 is 1.06 bits per heavy atom. The van der Waals surface area contributed by atoms with Gasteiger partial charge in [0, 0.05) is 31.0 Å². The molecule has 1 aliphatic heterocycles. The summed E-state index contributed by atoms with van der Waals surface area (Å²) in [6.07, 6.45) is 5.85. The summed E-state index contributed by atoms with van der Waals surface area (Å²) in [5.74, 6) is -0.300. The zero-order valence-electron chi connectivity index (χ0n) is 18.5. The Kier molecular flexibility index (Phi) is 6.35. The number of aryl methyl sites for hydroxylation is 1. The smallest absolute Gasteiger partial charge is 0.227 e. The molecule has 1 aliphatic rings. The Morgan fingerprint density at radius 2 is 1.84 bits per heavy atom. The standard InChI is InChI=1S/C27H29N3O2/c1-20-9-11-21(12-10-20)16-25(31)30-15-5-13-27(19-30,26(28)32)17-22-6-2-3-8-24(22)23-7-4-14-29-18-23/h2-4,6-12,14,18H,5,13,15-17,19H2,1H3,(H2,28,32). The molecule has 164 valence electrons. The molecule has 2 aromatic carbocycles. The summed E-state index contributed by atoms with van der Waals surface area (Å²) in [6, 6.07) is 20.0. The van der Waals surface area contributed by atoms with E-state index in [0.29, 0.717) is 32.4 Å². The van der Waals surface area contributed by atoms with Gasteiger partial charge in [0.15, 0.2) is 0 Å². The second-order valence-electron chi connectivity index (χ2n) is 8.80. The summed E-state index contributed by atoms with van der Waals surface area (Å²) in [6.45, 7) is 3.04. The van der Waals surface area contributed by atoms with E-state index < -0.39 is 5.41 Å². The molecule has 3 aromatic rings. The highest BCUT2D eigenvalue weighted by atomic mass is 16.2. The molecule has 1 atom stereocenters. The van der Waals surface area contributed by atoms with E-state index in [1.165, 1.54) is 5.56 Å². The first-order chi connectivity index (χ1) is 15.5. The van der Waals surface area contributed by atoms with Crippen molar-refractivity contribution in [2.45, 2.75) is 32.6 Å². The van der Waals surface area contributed by atoms with Crippen LogP contribution >= 0.6 is 0 Å². The first-order valence-electron chi connectivity index (χ1n) is 11.1. The molecule has 5 nitrogen and oxygen atoms in total. The zero-order valence-corrected chi connectivity index (χ0v) is 18.5. The van der Waals surface area contributed by atoms with E-state index in [4.69, 9.17) is 5.73 Å². The van der Waals surface area contributed by atoms with Gasteiger partial charge in [-0.2, -0.15) is 0 Å². The van der Waals surface area contributed by atoms with Crippen LogP contribution in [-0.4, -0.2) is 34.8 Å². The van der Waals surface area contributed by atoms with E-state index >= 15 is 0 Å². The van der Waals surface area contributed by atoms with Gasteiger partial charge >= 0.3 is 0 Å². The number of piperidine rings is 1. The summed E-state index contributed by atoms with van der Waals surface area (Å²) in [4.78, 5) is 31.9. The first kappa shape index (κ1) is 21.8. The van der Waals surface area contributed by atoms with Crippen LogP contribution in [0, 0.1) is 12.3 Å². The fraction of sp³-hybridized carbons (Fsp3) is 0.296. The minimum absolute atomic E-state index is 0.0414. The van der Waals surface area contributed by atoms with E-state index in [1.807, 2.05) is 78.7 Å². The Hall–Kier alpha value is -3.47. The predicted octanol–water partition coefficient (Wildman–Crippen LogP) is 3.94. The van der Waals surface area contributed by atoms with E-state index in [-0.39, 0.29) is 11.8 Å². The molecule has 0 radical (unpaired) electrons. The molecule has 0 aliphatic carbocycles. The molecule has 1 aromatic heterocycles. The molecule has 1 unspecified atom stereocenters. The molecule has 32 heavy (non-hydrogen) atoms. The van der Waals surface area contributed by atoms with Gasteiger partial charge in [0.25, 0.3) is 0 Å². The quantitative estimate of drug-likeness (QED) is 0.647. The molecule has 2 N–H and O–H groups in total. The maximum Gasteiger partial charge on any atom is 0.227 e. The third-order valence-corrected chi connectivity index (χ3v) is 6.45. The third kappa shape index (κ3) is 4.72. The molecule has 1 fully saturated rings. The van der Waals surface area contributed by atoms with Crippen LogP contribution in [0.3, 0.4) is 0 Å². The molecule has 0 saturated carbocycles. The lowest BCUT2D eigenvalue weighted by Gasteiger charge is -2.41. The van der Waals surface area contributed by atoms with E-state index in [2.05, 4.69) is 4.98 Å². The van der Waals surface area contributed by atoms with Gasteiger partial charge in [0.05, 0.1) is 11.8 Å². The number of carbonyl (C=O) groups excluding carboxylic acids is 2. The predicted molar refractivity (Wildman–Crippen MR) is 126 cm³/mol. The van der Waals surface area contributed by atoms with Crippen molar-refractivity contribution in [1.82, 2.24) is 9.88 Å². The van der Waals surface area contributed by atoms with Gasteiger partial charge < -0.3 is 10.6 Å². The third-order valence-electron chi connectivity index (χ3n) is 6.45. The number of hydrogen-bond acceptors (Lipinski definition) is 3. The van der Waals surface area contributed by atoms with Crippen molar-refractivity contribution < 1.29 is 9.59 Å². The van der Waals surface area contributed by atoms with Gasteiger partial charge in [0.2, 0.25) is 11.8 Å². The monoisotopic (exact) mass is 427 g/mol. The lowest BCUT2D eigenvalue weighted by Crippen LogP contribution is -2.53. The number of primary amides is 1. The van der Waals surface area contributed by atoms with Crippen molar-refractivity contribution in [3.05, 3.63) is 89.7 Å². The highest BCUT2D eigenvalue weighted by Crippen LogP contribution is 2.36. The van der Waals surface area contributed by atoms with Crippen LogP contribution in [0.15, 0.2) is 73.1 Å². The number of hydrogen-bond donors (Lipinski definition) is 1. The number of likely N-dealkylation sites (tertiary alicyclic amines) is 1. The average Bonchev–Trinajstić information content (AvgIpc) is 2.81. The fourth-order valence-corrected chi connectivity index (χ4v) is 4.61. The second kappa shape index (κ2) is 9.35. The van der Waals surface area contributed by atoms with E-state index in [1.54, 1.807) is 6.20 Å². The highest BCUT2D eigenvalue weighted by Gasteiger charge is 2.42. The number of nitrogens with two attached hydrogens (primary N) is 1. The SMILES string of the molecule is Cc1ccc(CC(=O)N2CCCC(Cc3ccccc3-c3cccnc3)(C(N)=O)C2)cc1. The maximum atomic E-state index is 13.1. The van der Waals surface area contributed by atoms with Gasteiger partial charge in [-0.05, 0) is 48.9 Å². The highest BCUT2D eigenvalue weighted by molar-refractivity contribution is 5.84. The van der Waals surface area contributed by atoms with E-state index in [9.17, 15) is 9.59 Å². The molecule has 0 bridgehead atoms. The number of benzene rings is 2. The van der Waals surface area contributed by atoms with Gasteiger partial charge in [-0.25, -0.2) is 0 Å². The molecule has 4 rings (SSSR count). The summed E-state index contributed by atoms with van der Waals surface area (Å²) in [5, 5.41) is 0. The summed E-state index contributed by atoms with van der Waals surface area (Å²) in [7, 11) is 0. The molecule has 0 spiro atoms.